The lowest BCUT2D eigenvalue weighted by Gasteiger charge is -1.99. The molecule has 1 aliphatic rings. The lowest BCUT2D eigenvalue weighted by atomic mass is 10.1. The van der Waals surface area contributed by atoms with Crippen molar-refractivity contribution in [3.05, 3.63) is 46.7 Å². The predicted molar refractivity (Wildman–Crippen MR) is 50.4 cm³/mol. The van der Waals surface area contributed by atoms with Gasteiger partial charge in [0.15, 0.2) is 5.78 Å². The van der Waals surface area contributed by atoms with E-state index in [0.717, 1.165) is 4.88 Å². The Morgan fingerprint density at radius 3 is 2.67 bits per heavy atom. The zero-order chi connectivity index (χ0) is 8.39. The van der Waals surface area contributed by atoms with Crippen LogP contribution >= 0.6 is 11.3 Å². The summed E-state index contributed by atoms with van der Waals surface area (Å²) < 4.78 is 0. The summed E-state index contributed by atoms with van der Waals surface area (Å²) in [7, 11) is 0. The summed E-state index contributed by atoms with van der Waals surface area (Å²) in [4.78, 5) is 12.5. The van der Waals surface area contributed by atoms with Crippen LogP contribution in [0.5, 0.6) is 0 Å². The van der Waals surface area contributed by atoms with Crippen LogP contribution in [0.25, 0.3) is 0 Å². The maximum atomic E-state index is 11.6. The van der Waals surface area contributed by atoms with Crippen LogP contribution in [0, 0.1) is 5.92 Å². The molecule has 2 heteroatoms. The van der Waals surface area contributed by atoms with E-state index in [9.17, 15) is 4.79 Å². The molecule has 0 unspecified atom stereocenters. The first-order chi connectivity index (χ1) is 5.88. The Morgan fingerprint density at radius 2 is 2.08 bits per heavy atom. The summed E-state index contributed by atoms with van der Waals surface area (Å²) in [6, 6.07) is 3.77. The molecule has 0 fully saturated rings. The van der Waals surface area contributed by atoms with Gasteiger partial charge in [-0.1, -0.05) is 30.4 Å². The number of hydrogen-bond acceptors (Lipinski definition) is 2. The Morgan fingerprint density at radius 1 is 1.33 bits per heavy atom. The van der Waals surface area contributed by atoms with E-state index in [4.69, 9.17) is 0 Å². The molecule has 0 saturated carbocycles. The van der Waals surface area contributed by atoms with E-state index < -0.39 is 0 Å². The van der Waals surface area contributed by atoms with Gasteiger partial charge in [0.1, 0.15) is 0 Å². The molecule has 0 radical (unpaired) electrons. The Labute approximate surface area is 75.0 Å². The quantitative estimate of drug-likeness (QED) is 0.633. The zero-order valence-electron chi connectivity index (χ0n) is 6.44. The van der Waals surface area contributed by atoms with Gasteiger partial charge in [0.2, 0.25) is 0 Å². The van der Waals surface area contributed by atoms with E-state index >= 15 is 0 Å². The fraction of sp³-hybridized carbons (Fsp3) is 0.100. The van der Waals surface area contributed by atoms with Crippen LogP contribution in [0.4, 0.5) is 0 Å². The van der Waals surface area contributed by atoms with Gasteiger partial charge in [0, 0.05) is 0 Å². The van der Waals surface area contributed by atoms with E-state index in [-0.39, 0.29) is 11.7 Å². The Hall–Kier alpha value is -1.15. The van der Waals surface area contributed by atoms with Crippen molar-refractivity contribution in [3.8, 4) is 0 Å². The summed E-state index contributed by atoms with van der Waals surface area (Å²) in [5.41, 5.74) is 0. The van der Waals surface area contributed by atoms with Crippen molar-refractivity contribution in [3.63, 3.8) is 0 Å². The Balaban J connectivity index is 2.21. The summed E-state index contributed by atoms with van der Waals surface area (Å²) in [6.07, 6.45) is 7.66. The molecule has 0 bridgehead atoms. The number of allylic oxidation sites excluding steroid dienone is 4. The molecule has 2 rings (SSSR count). The summed E-state index contributed by atoms with van der Waals surface area (Å²) in [5, 5.41) is 1.93. The first kappa shape index (κ1) is 7.50. The molecule has 0 amide bonds. The molecule has 0 N–H and O–H groups in total. The number of carbonyl (C=O) groups excluding carboxylic acids is 1. The molecule has 1 aromatic rings. The highest BCUT2D eigenvalue weighted by Gasteiger charge is 2.16. The first-order valence-electron chi connectivity index (χ1n) is 3.80. The predicted octanol–water partition coefficient (Wildman–Crippen LogP) is 2.67. The van der Waals surface area contributed by atoms with Gasteiger partial charge in [-0.2, -0.15) is 0 Å². The van der Waals surface area contributed by atoms with Gasteiger partial charge in [-0.05, 0) is 11.4 Å². The minimum Gasteiger partial charge on any atom is -0.292 e. The van der Waals surface area contributed by atoms with Crippen molar-refractivity contribution < 1.29 is 4.79 Å². The number of Topliss-reactive ketones (excluding diaryl/α,β-unsaturated/α-hetero) is 1. The van der Waals surface area contributed by atoms with Crippen LogP contribution in [0.15, 0.2) is 41.8 Å². The van der Waals surface area contributed by atoms with Crippen LogP contribution < -0.4 is 0 Å². The van der Waals surface area contributed by atoms with Crippen LogP contribution in [-0.2, 0) is 0 Å². The molecule has 0 spiro atoms. The van der Waals surface area contributed by atoms with Gasteiger partial charge in [0.25, 0.3) is 0 Å². The summed E-state index contributed by atoms with van der Waals surface area (Å²) >= 11 is 1.50. The van der Waals surface area contributed by atoms with Crippen molar-refractivity contribution in [2.45, 2.75) is 0 Å². The molecule has 0 aliphatic heterocycles. The number of rotatable bonds is 2. The largest absolute Gasteiger partial charge is 0.292 e. The maximum absolute atomic E-state index is 11.6. The van der Waals surface area contributed by atoms with Crippen molar-refractivity contribution >= 4 is 17.1 Å². The van der Waals surface area contributed by atoms with E-state index in [1.165, 1.54) is 11.3 Å². The highest BCUT2D eigenvalue weighted by Crippen LogP contribution is 2.19. The minimum absolute atomic E-state index is 0.0244. The lowest BCUT2D eigenvalue weighted by Crippen LogP contribution is -2.06. The third kappa shape index (κ3) is 1.25. The highest BCUT2D eigenvalue weighted by molar-refractivity contribution is 7.12. The third-order valence-corrected chi connectivity index (χ3v) is 2.70. The smallest absolute Gasteiger partial charge is 0.183 e. The van der Waals surface area contributed by atoms with Crippen molar-refractivity contribution in [2.24, 2.45) is 5.92 Å². The van der Waals surface area contributed by atoms with E-state index in [1.54, 1.807) is 0 Å². The van der Waals surface area contributed by atoms with Gasteiger partial charge in [-0.15, -0.1) is 11.3 Å². The molecular formula is C10H8OS. The van der Waals surface area contributed by atoms with Gasteiger partial charge >= 0.3 is 0 Å². The number of hydrogen-bond donors (Lipinski definition) is 0. The average Bonchev–Trinajstić information content (AvgIpc) is 2.77. The molecule has 0 aromatic carbocycles. The fourth-order valence-corrected chi connectivity index (χ4v) is 1.90. The Bertz CT molecular complexity index is 321. The second-order valence-electron chi connectivity index (χ2n) is 2.64. The van der Waals surface area contributed by atoms with Crippen LogP contribution in [0.3, 0.4) is 0 Å². The highest BCUT2D eigenvalue weighted by atomic mass is 32.1. The lowest BCUT2D eigenvalue weighted by molar-refractivity contribution is 0.0970. The van der Waals surface area contributed by atoms with Gasteiger partial charge < -0.3 is 0 Å². The molecular weight excluding hydrogens is 168 g/mol. The maximum Gasteiger partial charge on any atom is 0.183 e. The summed E-state index contributed by atoms with van der Waals surface area (Å²) in [6.45, 7) is 0. The van der Waals surface area contributed by atoms with Gasteiger partial charge in [0.05, 0.1) is 10.8 Å². The number of thiophene rings is 1. The van der Waals surface area contributed by atoms with Crippen LogP contribution in [0.2, 0.25) is 0 Å². The fourth-order valence-electron chi connectivity index (χ4n) is 1.19. The molecule has 1 heterocycles. The number of ketones is 1. The second-order valence-corrected chi connectivity index (χ2v) is 3.58. The molecule has 60 valence electrons. The molecule has 12 heavy (non-hydrogen) atoms. The van der Waals surface area contributed by atoms with E-state index in [1.807, 2.05) is 41.8 Å². The normalized spacial score (nSPS) is 15.7. The second kappa shape index (κ2) is 3.07. The molecule has 0 atom stereocenters. The molecule has 1 nitrogen and oxygen atoms in total. The Kier molecular flexibility index (Phi) is 1.92. The standard InChI is InChI=1S/C10H8OS/c11-10(8-4-1-2-5-8)9-6-3-7-12-9/h1-8H. The molecule has 1 aromatic heterocycles. The van der Waals surface area contributed by atoms with Gasteiger partial charge in [-0.3, -0.25) is 4.79 Å². The SMILES string of the molecule is O=C(c1cccs1)C1C=CC=C1. The summed E-state index contributed by atoms with van der Waals surface area (Å²) in [5.74, 6) is 0.179. The number of carbonyl (C=O) groups is 1. The topological polar surface area (TPSA) is 17.1 Å². The van der Waals surface area contributed by atoms with Crippen molar-refractivity contribution in [1.29, 1.82) is 0 Å². The zero-order valence-corrected chi connectivity index (χ0v) is 7.25. The van der Waals surface area contributed by atoms with E-state index in [2.05, 4.69) is 0 Å². The van der Waals surface area contributed by atoms with Gasteiger partial charge in [-0.25, -0.2) is 0 Å². The minimum atomic E-state index is -0.0244. The average molecular weight is 176 g/mol. The van der Waals surface area contributed by atoms with Crippen molar-refractivity contribution in [1.82, 2.24) is 0 Å². The van der Waals surface area contributed by atoms with Crippen LogP contribution in [-0.4, -0.2) is 5.78 Å². The van der Waals surface area contributed by atoms with Crippen LogP contribution in [0.1, 0.15) is 9.67 Å². The third-order valence-electron chi connectivity index (χ3n) is 1.81. The first-order valence-corrected chi connectivity index (χ1v) is 4.68. The molecule has 1 aliphatic carbocycles. The molecule has 0 saturated heterocycles. The van der Waals surface area contributed by atoms with Crippen molar-refractivity contribution in [2.75, 3.05) is 0 Å². The van der Waals surface area contributed by atoms with E-state index in [0.29, 0.717) is 0 Å². The monoisotopic (exact) mass is 176 g/mol.